The van der Waals surface area contributed by atoms with Crippen LogP contribution in [0.2, 0.25) is 0 Å². The molecule has 1 N–H and O–H groups in total. The van der Waals surface area contributed by atoms with Crippen molar-refractivity contribution in [2.45, 2.75) is 39.3 Å². The van der Waals surface area contributed by atoms with Crippen molar-refractivity contribution in [3.63, 3.8) is 0 Å². The number of carbonyl (C=O) groups is 2. The third-order valence-electron chi connectivity index (χ3n) is 5.43. The topological polar surface area (TPSA) is 61.9 Å². The molecule has 0 radical (unpaired) electrons. The maximum absolute atomic E-state index is 13.1. The number of likely N-dealkylation sites (tertiary alicyclic amines) is 1. The van der Waals surface area contributed by atoms with Crippen molar-refractivity contribution in [1.82, 2.24) is 9.80 Å². The highest BCUT2D eigenvalue weighted by molar-refractivity contribution is 5.89. The van der Waals surface area contributed by atoms with Gasteiger partial charge < -0.3 is 19.9 Å². The summed E-state index contributed by atoms with van der Waals surface area (Å²) in [6.45, 7) is 5.48. The number of nitrogens with zero attached hydrogens (tertiary/aromatic N) is 2. The lowest BCUT2D eigenvalue weighted by atomic mass is 10.0. The first-order chi connectivity index (χ1) is 14.0. The number of piperidine rings is 1. The molecule has 6 nitrogen and oxygen atoms in total. The smallest absolute Gasteiger partial charge is 0.322 e. The Bertz CT molecular complexity index is 825. The van der Waals surface area contributed by atoms with Gasteiger partial charge in [0.25, 0.3) is 0 Å². The Balaban J connectivity index is 1.75. The Morgan fingerprint density at radius 2 is 1.69 bits per heavy atom. The van der Waals surface area contributed by atoms with Crippen LogP contribution in [0.3, 0.4) is 0 Å². The lowest BCUT2D eigenvalue weighted by Gasteiger charge is -2.38. The van der Waals surface area contributed by atoms with Gasteiger partial charge in [-0.3, -0.25) is 4.79 Å². The summed E-state index contributed by atoms with van der Waals surface area (Å²) in [6, 6.07) is 15.5. The first-order valence-electron chi connectivity index (χ1n) is 9.99. The number of benzene rings is 2. The van der Waals surface area contributed by atoms with Gasteiger partial charge in [0.1, 0.15) is 5.75 Å². The van der Waals surface area contributed by atoms with E-state index in [1.165, 1.54) is 0 Å². The fourth-order valence-electron chi connectivity index (χ4n) is 3.62. The van der Waals surface area contributed by atoms with E-state index in [9.17, 15) is 9.59 Å². The van der Waals surface area contributed by atoms with Gasteiger partial charge in [0.05, 0.1) is 7.11 Å². The van der Waals surface area contributed by atoms with E-state index in [0.29, 0.717) is 19.6 Å². The zero-order valence-corrected chi connectivity index (χ0v) is 17.4. The minimum Gasteiger partial charge on any atom is -0.497 e. The number of anilines is 1. The summed E-state index contributed by atoms with van der Waals surface area (Å²) in [6.07, 6.45) is 1.55. The van der Waals surface area contributed by atoms with Gasteiger partial charge in [-0.05, 0) is 49.6 Å². The SMILES string of the molecule is COc1ccc(CN(C(=O)Nc2ccc(C)cc2)C2CCN(C(C)=O)CC2)cc1. The van der Waals surface area contributed by atoms with E-state index < -0.39 is 0 Å². The van der Waals surface area contributed by atoms with Gasteiger partial charge in [-0.25, -0.2) is 4.79 Å². The number of ether oxygens (including phenoxy) is 1. The van der Waals surface area contributed by atoms with Gasteiger partial charge in [0.2, 0.25) is 5.91 Å². The fraction of sp³-hybridized carbons (Fsp3) is 0.391. The van der Waals surface area contributed by atoms with Crippen molar-refractivity contribution in [1.29, 1.82) is 0 Å². The average Bonchev–Trinajstić information content (AvgIpc) is 2.74. The zero-order valence-electron chi connectivity index (χ0n) is 17.4. The number of rotatable bonds is 5. The van der Waals surface area contributed by atoms with Crippen LogP contribution in [0.25, 0.3) is 0 Å². The molecule has 0 atom stereocenters. The summed E-state index contributed by atoms with van der Waals surface area (Å²) in [5.74, 6) is 0.883. The Morgan fingerprint density at radius 1 is 1.07 bits per heavy atom. The number of methoxy groups -OCH3 is 1. The van der Waals surface area contributed by atoms with Gasteiger partial charge in [-0.15, -0.1) is 0 Å². The van der Waals surface area contributed by atoms with Crippen LogP contribution in [0.1, 0.15) is 30.9 Å². The summed E-state index contributed by atoms with van der Waals surface area (Å²) in [4.78, 5) is 28.5. The third kappa shape index (κ3) is 5.50. The summed E-state index contributed by atoms with van der Waals surface area (Å²) < 4.78 is 5.23. The van der Waals surface area contributed by atoms with Crippen LogP contribution in [-0.2, 0) is 11.3 Å². The van der Waals surface area contributed by atoms with Gasteiger partial charge >= 0.3 is 6.03 Å². The van der Waals surface area contributed by atoms with E-state index in [4.69, 9.17) is 4.74 Å². The minimum atomic E-state index is -0.119. The lowest BCUT2D eigenvalue weighted by Crippen LogP contribution is -2.49. The molecular weight excluding hydrogens is 366 g/mol. The summed E-state index contributed by atoms with van der Waals surface area (Å²) in [5.41, 5.74) is 2.97. The van der Waals surface area contributed by atoms with Crippen LogP contribution in [0.4, 0.5) is 10.5 Å². The molecule has 0 spiro atoms. The van der Waals surface area contributed by atoms with E-state index in [1.807, 2.05) is 65.3 Å². The number of urea groups is 1. The van der Waals surface area contributed by atoms with E-state index in [-0.39, 0.29) is 18.0 Å². The molecule has 3 rings (SSSR count). The molecule has 0 unspecified atom stereocenters. The maximum atomic E-state index is 13.1. The monoisotopic (exact) mass is 395 g/mol. The molecule has 29 heavy (non-hydrogen) atoms. The van der Waals surface area contributed by atoms with E-state index in [0.717, 1.165) is 35.4 Å². The molecule has 154 valence electrons. The Labute approximate surface area is 172 Å². The first-order valence-corrected chi connectivity index (χ1v) is 9.99. The molecule has 1 aliphatic heterocycles. The quantitative estimate of drug-likeness (QED) is 0.831. The van der Waals surface area contributed by atoms with E-state index >= 15 is 0 Å². The fourth-order valence-corrected chi connectivity index (χ4v) is 3.62. The number of hydrogen-bond acceptors (Lipinski definition) is 3. The third-order valence-corrected chi connectivity index (χ3v) is 5.43. The summed E-state index contributed by atoms with van der Waals surface area (Å²) in [7, 11) is 1.64. The molecule has 1 aliphatic rings. The molecule has 6 heteroatoms. The van der Waals surface area contributed by atoms with Crippen molar-refractivity contribution in [3.8, 4) is 5.75 Å². The predicted molar refractivity (Wildman–Crippen MR) is 114 cm³/mol. The lowest BCUT2D eigenvalue weighted by molar-refractivity contribution is -0.130. The molecule has 0 aliphatic carbocycles. The molecule has 2 aromatic rings. The zero-order chi connectivity index (χ0) is 20.8. The largest absolute Gasteiger partial charge is 0.497 e. The minimum absolute atomic E-state index is 0.0816. The van der Waals surface area contributed by atoms with Crippen LogP contribution in [0.5, 0.6) is 5.75 Å². The highest BCUT2D eigenvalue weighted by Gasteiger charge is 2.29. The number of carbonyl (C=O) groups excluding carboxylic acids is 2. The molecule has 0 bridgehead atoms. The van der Waals surface area contributed by atoms with Gasteiger partial charge in [-0.2, -0.15) is 0 Å². The van der Waals surface area contributed by atoms with Crippen molar-refractivity contribution in [2.75, 3.05) is 25.5 Å². The van der Waals surface area contributed by atoms with Gasteiger partial charge in [-0.1, -0.05) is 29.8 Å². The Kier molecular flexibility index (Phi) is 6.75. The molecular formula is C23H29N3O3. The summed E-state index contributed by atoms with van der Waals surface area (Å²) >= 11 is 0. The molecule has 1 fully saturated rings. The first kappa shape index (κ1) is 20.7. The van der Waals surface area contributed by atoms with Gasteiger partial charge in [0.15, 0.2) is 0 Å². The van der Waals surface area contributed by atoms with Crippen molar-refractivity contribution >= 4 is 17.6 Å². The molecule has 1 heterocycles. The highest BCUT2D eigenvalue weighted by Crippen LogP contribution is 2.22. The highest BCUT2D eigenvalue weighted by atomic mass is 16.5. The van der Waals surface area contributed by atoms with Crippen molar-refractivity contribution in [3.05, 3.63) is 59.7 Å². The second kappa shape index (κ2) is 9.45. The number of nitrogens with one attached hydrogen (secondary N) is 1. The maximum Gasteiger partial charge on any atom is 0.322 e. The summed E-state index contributed by atoms with van der Waals surface area (Å²) in [5, 5.41) is 3.03. The van der Waals surface area contributed by atoms with Crippen LogP contribution in [-0.4, -0.2) is 48.0 Å². The Hall–Kier alpha value is -3.02. The molecule has 2 aromatic carbocycles. The normalized spacial score (nSPS) is 14.4. The van der Waals surface area contributed by atoms with Crippen LogP contribution in [0.15, 0.2) is 48.5 Å². The standard InChI is InChI=1S/C23H29N3O3/c1-17-4-8-20(9-5-17)24-23(28)26(16-19-6-10-22(29-3)11-7-19)21-12-14-25(15-13-21)18(2)27/h4-11,21H,12-16H2,1-3H3,(H,24,28). The molecule has 0 aromatic heterocycles. The second-order valence-corrected chi connectivity index (χ2v) is 7.51. The predicted octanol–water partition coefficient (Wildman–Crippen LogP) is 4.05. The van der Waals surface area contributed by atoms with Crippen molar-refractivity contribution in [2.24, 2.45) is 0 Å². The average molecular weight is 396 g/mol. The Morgan fingerprint density at radius 3 is 2.24 bits per heavy atom. The molecule has 3 amide bonds. The number of aryl methyl sites for hydroxylation is 1. The van der Waals surface area contributed by atoms with E-state index in [1.54, 1.807) is 14.0 Å². The number of amides is 3. The van der Waals surface area contributed by atoms with Gasteiger partial charge in [0, 0.05) is 38.3 Å². The van der Waals surface area contributed by atoms with Crippen LogP contribution >= 0.6 is 0 Å². The second-order valence-electron chi connectivity index (χ2n) is 7.51. The van der Waals surface area contributed by atoms with E-state index in [2.05, 4.69) is 5.32 Å². The van der Waals surface area contributed by atoms with Crippen LogP contribution in [0, 0.1) is 6.92 Å². The van der Waals surface area contributed by atoms with Crippen LogP contribution < -0.4 is 10.1 Å². The molecule has 0 saturated carbocycles. The number of hydrogen-bond donors (Lipinski definition) is 1. The van der Waals surface area contributed by atoms with Crippen molar-refractivity contribution < 1.29 is 14.3 Å². The molecule has 1 saturated heterocycles.